The van der Waals surface area contributed by atoms with Crippen molar-refractivity contribution < 1.29 is 14.7 Å². The Balaban J connectivity index is 1.39. The van der Waals surface area contributed by atoms with E-state index in [0.29, 0.717) is 48.2 Å². The lowest BCUT2D eigenvalue weighted by molar-refractivity contribution is -0.126. The molecule has 4 heterocycles. The van der Waals surface area contributed by atoms with Crippen LogP contribution in [-0.4, -0.2) is 80.1 Å². The van der Waals surface area contributed by atoms with Crippen LogP contribution in [0.15, 0.2) is 48.7 Å². The van der Waals surface area contributed by atoms with Gasteiger partial charge in [0.2, 0.25) is 11.9 Å². The number of aliphatic hydroxyl groups is 1. The number of carbonyl (C=O) groups is 2. The monoisotopic (exact) mass is 536 g/mol. The molecule has 2 aromatic heterocycles. The van der Waals surface area contributed by atoms with Gasteiger partial charge in [-0.3, -0.25) is 24.8 Å². The Morgan fingerprint density at radius 2 is 2.05 bits per heavy atom. The number of halogens is 1. The predicted octanol–water partition coefficient (Wildman–Crippen LogP) is 3.82. The number of likely N-dealkylation sites (tertiary alicyclic amines) is 2. The number of anilines is 1. The number of carbonyl (C=O) groups excluding carboxylic acids is 2. The molecule has 2 saturated heterocycles. The zero-order valence-corrected chi connectivity index (χ0v) is 22.3. The van der Waals surface area contributed by atoms with Crippen molar-refractivity contribution >= 4 is 40.4 Å². The van der Waals surface area contributed by atoms with Crippen LogP contribution >= 0.6 is 11.6 Å². The number of β-amino-alcohol motifs (C(OH)–C–C–N with tert-alkyl or cyclic N) is 1. The van der Waals surface area contributed by atoms with Crippen molar-refractivity contribution in [2.75, 3.05) is 38.0 Å². The highest BCUT2D eigenvalue weighted by atomic mass is 35.5. The summed E-state index contributed by atoms with van der Waals surface area (Å²) in [5.41, 5.74) is 2.68. The molecule has 0 spiro atoms. The van der Waals surface area contributed by atoms with Crippen molar-refractivity contribution in [3.8, 4) is 0 Å². The number of aliphatic hydroxyl groups excluding tert-OH is 1. The minimum absolute atomic E-state index is 0.0370. The Bertz CT molecular complexity index is 1360. The summed E-state index contributed by atoms with van der Waals surface area (Å²) in [7, 11) is 0. The fourth-order valence-corrected chi connectivity index (χ4v) is 5.59. The van der Waals surface area contributed by atoms with Gasteiger partial charge in [-0.1, -0.05) is 23.7 Å². The Kier molecular flexibility index (Phi) is 8.06. The van der Waals surface area contributed by atoms with Gasteiger partial charge in [-0.15, -0.1) is 0 Å². The highest BCUT2D eigenvalue weighted by Crippen LogP contribution is 2.34. The van der Waals surface area contributed by atoms with Gasteiger partial charge in [-0.2, -0.15) is 0 Å². The van der Waals surface area contributed by atoms with Gasteiger partial charge in [0.05, 0.1) is 28.2 Å². The largest absolute Gasteiger partial charge is 0.392 e. The lowest BCUT2D eigenvalue weighted by Gasteiger charge is -2.26. The van der Waals surface area contributed by atoms with Crippen molar-refractivity contribution in [1.29, 1.82) is 0 Å². The molecule has 1 aromatic carbocycles. The number of hydrogen-bond donors (Lipinski definition) is 2. The van der Waals surface area contributed by atoms with E-state index in [0.717, 1.165) is 43.4 Å². The summed E-state index contributed by atoms with van der Waals surface area (Å²) in [5.74, 6) is 0.0969. The van der Waals surface area contributed by atoms with Crippen LogP contribution in [0.4, 0.5) is 5.95 Å². The maximum atomic E-state index is 13.2. The molecule has 0 saturated carbocycles. The quantitative estimate of drug-likeness (QED) is 0.464. The Hall–Kier alpha value is -3.27. The first-order valence-electron chi connectivity index (χ1n) is 13.2. The molecule has 0 radical (unpaired) electrons. The van der Waals surface area contributed by atoms with Crippen LogP contribution < -0.4 is 5.32 Å². The van der Waals surface area contributed by atoms with Gasteiger partial charge >= 0.3 is 0 Å². The molecule has 2 aliphatic rings. The molecule has 0 aliphatic carbocycles. The van der Waals surface area contributed by atoms with E-state index in [4.69, 9.17) is 16.6 Å². The van der Waals surface area contributed by atoms with Crippen molar-refractivity contribution in [2.24, 2.45) is 0 Å². The molecule has 2 atom stereocenters. The number of aryl methyl sites for hydroxylation is 1. The second-order valence-electron chi connectivity index (χ2n) is 10.1. The van der Waals surface area contributed by atoms with E-state index in [1.165, 1.54) is 0 Å². The predicted molar refractivity (Wildman–Crippen MR) is 147 cm³/mol. The molecule has 38 heavy (non-hydrogen) atoms. The summed E-state index contributed by atoms with van der Waals surface area (Å²) in [6.07, 6.45) is 8.28. The van der Waals surface area contributed by atoms with Crippen molar-refractivity contribution in [1.82, 2.24) is 24.3 Å². The second-order valence-corrected chi connectivity index (χ2v) is 10.5. The van der Waals surface area contributed by atoms with E-state index in [-0.39, 0.29) is 24.0 Å². The number of amides is 2. The second kappa shape index (κ2) is 11.6. The first kappa shape index (κ1) is 26.3. The van der Waals surface area contributed by atoms with Gasteiger partial charge in [0.25, 0.3) is 5.91 Å². The smallest absolute Gasteiger partial charge is 0.258 e. The standard InChI is InChI=1S/C28H33ClN6O3/c1-19-16-20(10-12-30-19)27(38)32-28-31-24-8-4-7-23(29)26(24)35(28)21-6-2-3-14-34(17-21)25(37)9-5-13-33-15-11-22(36)18-33/h4-5,7-10,12,16,21-22,36H,2-3,6,11,13-15,17-18H2,1H3,(H,31,32,38)/b9-5+/t21?,22-/m0/s1. The zero-order valence-electron chi connectivity index (χ0n) is 21.5. The van der Waals surface area contributed by atoms with Crippen LogP contribution in [0.5, 0.6) is 0 Å². The molecule has 200 valence electrons. The van der Waals surface area contributed by atoms with Crippen LogP contribution in [-0.2, 0) is 4.79 Å². The fourth-order valence-electron chi connectivity index (χ4n) is 5.33. The molecule has 10 heteroatoms. The number of fused-ring (bicyclic) bond motifs is 1. The normalized spacial score (nSPS) is 20.8. The maximum Gasteiger partial charge on any atom is 0.258 e. The van der Waals surface area contributed by atoms with Crippen LogP contribution in [0.1, 0.15) is 47.8 Å². The molecule has 2 aliphatic heterocycles. The van der Waals surface area contributed by atoms with E-state index in [1.54, 1.807) is 24.4 Å². The molecule has 2 amide bonds. The SMILES string of the molecule is Cc1cc(C(=O)Nc2nc3cccc(Cl)c3n2C2CCCCN(C(=O)/C=C/CN3CC[C@H](O)C3)C2)ccn1. The van der Waals surface area contributed by atoms with Crippen LogP contribution in [0.3, 0.4) is 0 Å². The topological polar surface area (TPSA) is 104 Å². The molecular formula is C28H33ClN6O3. The minimum atomic E-state index is -0.278. The third kappa shape index (κ3) is 5.90. The van der Waals surface area contributed by atoms with Gasteiger partial charge in [-0.05, 0) is 56.9 Å². The molecule has 2 N–H and O–H groups in total. The number of imidazole rings is 1. The van der Waals surface area contributed by atoms with Crippen LogP contribution in [0.2, 0.25) is 5.02 Å². The summed E-state index contributed by atoms with van der Waals surface area (Å²) in [5, 5.41) is 13.3. The molecular weight excluding hydrogens is 504 g/mol. The number of pyridine rings is 1. The third-order valence-corrected chi connectivity index (χ3v) is 7.54. The molecule has 0 bridgehead atoms. The van der Waals surface area contributed by atoms with E-state index in [1.807, 2.05) is 40.7 Å². The van der Waals surface area contributed by atoms with Crippen molar-refractivity contribution in [3.63, 3.8) is 0 Å². The lowest BCUT2D eigenvalue weighted by Crippen LogP contribution is -2.35. The molecule has 1 unspecified atom stereocenters. The average molecular weight is 537 g/mol. The van der Waals surface area contributed by atoms with E-state index >= 15 is 0 Å². The molecule has 9 nitrogen and oxygen atoms in total. The van der Waals surface area contributed by atoms with Gasteiger partial charge in [0.15, 0.2) is 0 Å². The average Bonchev–Trinajstić information content (AvgIpc) is 3.38. The minimum Gasteiger partial charge on any atom is -0.392 e. The number of hydrogen-bond acceptors (Lipinski definition) is 6. The van der Waals surface area contributed by atoms with Gasteiger partial charge < -0.3 is 14.6 Å². The first-order valence-corrected chi connectivity index (χ1v) is 13.5. The number of rotatable bonds is 6. The number of nitrogens with zero attached hydrogens (tertiary/aromatic N) is 5. The lowest BCUT2D eigenvalue weighted by atomic mass is 10.1. The zero-order chi connectivity index (χ0) is 26.6. The summed E-state index contributed by atoms with van der Waals surface area (Å²) >= 11 is 6.65. The van der Waals surface area contributed by atoms with E-state index in [9.17, 15) is 14.7 Å². The van der Waals surface area contributed by atoms with E-state index < -0.39 is 0 Å². The number of nitrogens with one attached hydrogen (secondary N) is 1. The van der Waals surface area contributed by atoms with Crippen LogP contribution in [0.25, 0.3) is 11.0 Å². The highest BCUT2D eigenvalue weighted by Gasteiger charge is 2.27. The fraction of sp³-hybridized carbons (Fsp3) is 0.429. The summed E-state index contributed by atoms with van der Waals surface area (Å²) < 4.78 is 1.99. The third-order valence-electron chi connectivity index (χ3n) is 7.24. The van der Waals surface area contributed by atoms with Gasteiger partial charge in [-0.25, -0.2) is 4.98 Å². The molecule has 5 rings (SSSR count). The van der Waals surface area contributed by atoms with Gasteiger partial charge in [0, 0.05) is 56.3 Å². The number of para-hydroxylation sites is 1. The summed E-state index contributed by atoms with van der Waals surface area (Å²) in [6.45, 7) is 5.12. The summed E-state index contributed by atoms with van der Waals surface area (Å²) in [4.78, 5) is 39.2. The van der Waals surface area contributed by atoms with E-state index in [2.05, 4.69) is 15.2 Å². The highest BCUT2D eigenvalue weighted by molar-refractivity contribution is 6.35. The number of aromatic nitrogens is 3. The van der Waals surface area contributed by atoms with Gasteiger partial charge in [0.1, 0.15) is 0 Å². The summed E-state index contributed by atoms with van der Waals surface area (Å²) in [6, 6.07) is 8.83. The first-order chi connectivity index (χ1) is 18.4. The Morgan fingerprint density at radius 3 is 2.84 bits per heavy atom. The number of benzene rings is 1. The maximum absolute atomic E-state index is 13.2. The Labute approximate surface area is 227 Å². The van der Waals surface area contributed by atoms with Crippen molar-refractivity contribution in [2.45, 2.75) is 44.8 Å². The molecule has 3 aromatic rings. The Morgan fingerprint density at radius 1 is 1.18 bits per heavy atom. The van der Waals surface area contributed by atoms with Crippen LogP contribution in [0, 0.1) is 6.92 Å². The molecule has 2 fully saturated rings. The van der Waals surface area contributed by atoms with Crippen molar-refractivity contribution in [3.05, 3.63) is 65.0 Å².